The van der Waals surface area contributed by atoms with Crippen LogP contribution in [0.15, 0.2) is 102 Å². The number of ether oxygens (including phenoxy) is 1. The molecule has 190 valence electrons. The van der Waals surface area contributed by atoms with Gasteiger partial charge in [-0.15, -0.1) is 0 Å². The van der Waals surface area contributed by atoms with Gasteiger partial charge in [-0.3, -0.25) is 14.4 Å². The third-order valence-corrected chi connectivity index (χ3v) is 7.99. The molecule has 8 nitrogen and oxygen atoms in total. The number of benzene rings is 3. The fourth-order valence-electron chi connectivity index (χ4n) is 4.39. The number of nitrogens with zero attached hydrogens (tertiary/aromatic N) is 2. The van der Waals surface area contributed by atoms with Crippen molar-refractivity contribution in [2.75, 3.05) is 6.61 Å². The second kappa shape index (κ2) is 10.4. The van der Waals surface area contributed by atoms with Crippen LogP contribution in [0.3, 0.4) is 0 Å². The van der Waals surface area contributed by atoms with Crippen LogP contribution in [-0.2, 0) is 19.6 Å². The van der Waals surface area contributed by atoms with Gasteiger partial charge in [0.15, 0.2) is 0 Å². The maximum atomic E-state index is 14.2. The van der Waals surface area contributed by atoms with Gasteiger partial charge in [-0.05, 0) is 43.2 Å². The molecule has 9 heteroatoms. The van der Waals surface area contributed by atoms with E-state index in [9.17, 15) is 23.3 Å². The highest BCUT2D eigenvalue weighted by molar-refractivity contribution is 7.89. The van der Waals surface area contributed by atoms with Crippen molar-refractivity contribution in [3.8, 4) is 0 Å². The Morgan fingerprint density at radius 1 is 1.05 bits per heavy atom. The predicted octanol–water partition coefficient (Wildman–Crippen LogP) is 5.22. The summed E-state index contributed by atoms with van der Waals surface area (Å²) in [6, 6.07) is 20.2. The lowest BCUT2D eigenvalue weighted by Gasteiger charge is -2.32. The van der Waals surface area contributed by atoms with E-state index < -0.39 is 32.9 Å². The van der Waals surface area contributed by atoms with Crippen LogP contribution in [0.5, 0.6) is 0 Å². The number of nitro benzene ring substituents is 1. The Morgan fingerprint density at radius 2 is 1.73 bits per heavy atom. The summed E-state index contributed by atoms with van der Waals surface area (Å²) in [5, 5.41) is 11.5. The fourth-order valence-corrected chi connectivity index (χ4v) is 6.08. The lowest BCUT2D eigenvalue weighted by Crippen LogP contribution is -2.41. The van der Waals surface area contributed by atoms with Crippen molar-refractivity contribution >= 4 is 27.4 Å². The monoisotopic (exact) mass is 518 g/mol. The van der Waals surface area contributed by atoms with Crippen molar-refractivity contribution < 1.29 is 22.9 Å². The number of rotatable bonds is 8. The maximum Gasteiger partial charge on any atom is 0.335 e. The molecule has 0 unspecified atom stereocenters. The van der Waals surface area contributed by atoms with Crippen molar-refractivity contribution in [3.05, 3.63) is 124 Å². The van der Waals surface area contributed by atoms with Gasteiger partial charge >= 0.3 is 5.97 Å². The number of sulfonamides is 1. The lowest BCUT2D eigenvalue weighted by molar-refractivity contribution is -0.384. The van der Waals surface area contributed by atoms with Crippen LogP contribution >= 0.6 is 0 Å². The molecule has 0 aliphatic carbocycles. The first-order chi connectivity index (χ1) is 17.6. The molecule has 0 saturated carbocycles. The highest BCUT2D eigenvalue weighted by Gasteiger charge is 2.46. The summed E-state index contributed by atoms with van der Waals surface area (Å²) >= 11 is 0. The highest BCUT2D eigenvalue weighted by Crippen LogP contribution is 2.46. The molecule has 0 saturated heterocycles. The summed E-state index contributed by atoms with van der Waals surface area (Å²) in [6.07, 6.45) is 1.72. The molecule has 0 spiro atoms. The minimum absolute atomic E-state index is 0.0429. The van der Waals surface area contributed by atoms with Crippen LogP contribution < -0.4 is 0 Å². The Kier molecular flexibility index (Phi) is 7.26. The van der Waals surface area contributed by atoms with Crippen LogP contribution in [0, 0.1) is 17.0 Å². The molecular weight excluding hydrogens is 492 g/mol. The normalized spacial score (nSPS) is 17.2. The van der Waals surface area contributed by atoms with E-state index in [1.807, 2.05) is 13.0 Å². The van der Waals surface area contributed by atoms with Gasteiger partial charge in [0.05, 0.1) is 33.7 Å². The average molecular weight is 519 g/mol. The number of non-ortho nitro benzene ring substituents is 1. The molecule has 1 aliphatic rings. The van der Waals surface area contributed by atoms with Crippen LogP contribution in [0.4, 0.5) is 5.69 Å². The minimum Gasteiger partial charge on any atom is -0.463 e. The smallest absolute Gasteiger partial charge is 0.335 e. The molecule has 0 amide bonds. The first-order valence-corrected chi connectivity index (χ1v) is 13.1. The summed E-state index contributed by atoms with van der Waals surface area (Å²) in [5.41, 5.74) is 2.09. The van der Waals surface area contributed by atoms with E-state index >= 15 is 0 Å². The van der Waals surface area contributed by atoms with E-state index in [4.69, 9.17) is 4.74 Å². The highest BCUT2D eigenvalue weighted by atomic mass is 32.2. The standard InChI is InChI=1S/C28H26N2O6S/c1-4-36-28(31)20(3)27-25(22-11-8-12-23(17-22)30(32)33)18-26(21-9-6-5-7-10-21)29(27)37(34,35)24-15-13-19(2)14-16-24/h5-18,25,27H,3-4H2,1-2H3/t25-,27-/m1/s1. The predicted molar refractivity (Wildman–Crippen MR) is 140 cm³/mol. The zero-order valence-electron chi connectivity index (χ0n) is 20.4. The van der Waals surface area contributed by atoms with Gasteiger partial charge in [-0.25, -0.2) is 13.2 Å². The number of carbonyl (C=O) groups is 1. The minimum atomic E-state index is -4.20. The van der Waals surface area contributed by atoms with Gasteiger partial charge in [0.25, 0.3) is 15.7 Å². The van der Waals surface area contributed by atoms with Gasteiger partial charge in [0.2, 0.25) is 0 Å². The third kappa shape index (κ3) is 5.03. The van der Waals surface area contributed by atoms with Gasteiger partial charge in [0, 0.05) is 18.1 Å². The summed E-state index contributed by atoms with van der Waals surface area (Å²) in [5.74, 6) is -1.48. The van der Waals surface area contributed by atoms with Crippen molar-refractivity contribution in [2.45, 2.75) is 30.7 Å². The molecule has 0 bridgehead atoms. The van der Waals surface area contributed by atoms with Crippen molar-refractivity contribution in [1.82, 2.24) is 4.31 Å². The molecule has 4 rings (SSSR count). The Labute approximate surface area is 215 Å². The van der Waals surface area contributed by atoms with E-state index in [-0.39, 0.29) is 22.8 Å². The summed E-state index contributed by atoms with van der Waals surface area (Å²) in [6.45, 7) is 7.52. The molecule has 1 aliphatic heterocycles. The number of aryl methyl sites for hydroxylation is 1. The van der Waals surface area contributed by atoms with E-state index in [1.165, 1.54) is 34.6 Å². The number of carbonyl (C=O) groups excluding carboxylic acids is 1. The van der Waals surface area contributed by atoms with Crippen LogP contribution in [0.1, 0.15) is 29.5 Å². The zero-order valence-corrected chi connectivity index (χ0v) is 21.2. The third-order valence-electron chi connectivity index (χ3n) is 6.18. The molecule has 2 atom stereocenters. The molecule has 1 heterocycles. The maximum absolute atomic E-state index is 14.2. The van der Waals surface area contributed by atoms with Crippen LogP contribution in [0.25, 0.3) is 5.70 Å². The van der Waals surface area contributed by atoms with E-state index in [2.05, 4.69) is 6.58 Å². The first-order valence-electron chi connectivity index (χ1n) is 11.6. The molecule has 0 aromatic heterocycles. The van der Waals surface area contributed by atoms with Crippen molar-refractivity contribution in [2.24, 2.45) is 0 Å². The first kappa shape index (κ1) is 25.8. The molecule has 0 radical (unpaired) electrons. The molecule has 0 fully saturated rings. The van der Waals surface area contributed by atoms with Gasteiger partial charge in [0.1, 0.15) is 0 Å². The zero-order chi connectivity index (χ0) is 26.7. The van der Waals surface area contributed by atoms with Crippen molar-refractivity contribution in [3.63, 3.8) is 0 Å². The topological polar surface area (TPSA) is 107 Å². The lowest BCUT2D eigenvalue weighted by atomic mass is 9.89. The van der Waals surface area contributed by atoms with E-state index in [0.29, 0.717) is 16.8 Å². The Hall–Kier alpha value is -4.24. The largest absolute Gasteiger partial charge is 0.463 e. The number of hydrogen-bond donors (Lipinski definition) is 0. The molecular formula is C28H26N2O6S. The van der Waals surface area contributed by atoms with Crippen LogP contribution in [-0.4, -0.2) is 36.3 Å². The van der Waals surface area contributed by atoms with Gasteiger partial charge < -0.3 is 4.74 Å². The molecule has 0 N–H and O–H groups in total. The summed E-state index contributed by atoms with van der Waals surface area (Å²) in [4.78, 5) is 23.9. The Balaban J connectivity index is 1.97. The fraction of sp³-hybridized carbons (Fsp3) is 0.179. The number of hydrogen-bond acceptors (Lipinski definition) is 6. The molecule has 37 heavy (non-hydrogen) atoms. The SMILES string of the molecule is C=C(C(=O)OCC)[C@@H]1[C@@H](c2cccc([N+](=O)[O-])c2)C=C(c2ccccc2)N1S(=O)(=O)c1ccc(C)cc1. The second-order valence-electron chi connectivity index (χ2n) is 8.60. The summed E-state index contributed by atoms with van der Waals surface area (Å²) < 4.78 is 34.7. The van der Waals surface area contributed by atoms with Gasteiger partial charge in [-0.1, -0.05) is 66.7 Å². The van der Waals surface area contributed by atoms with Crippen molar-refractivity contribution in [1.29, 1.82) is 0 Å². The van der Waals surface area contributed by atoms with E-state index in [0.717, 1.165) is 5.56 Å². The van der Waals surface area contributed by atoms with Gasteiger partial charge in [-0.2, -0.15) is 0 Å². The molecule has 3 aromatic rings. The number of nitro groups is 1. The second-order valence-corrected chi connectivity index (χ2v) is 10.4. The average Bonchev–Trinajstić information content (AvgIpc) is 3.31. The molecule has 3 aromatic carbocycles. The Morgan fingerprint density at radius 3 is 2.35 bits per heavy atom. The summed E-state index contributed by atoms with van der Waals surface area (Å²) in [7, 11) is -4.20. The quantitative estimate of drug-likeness (QED) is 0.175. The van der Waals surface area contributed by atoms with Crippen LogP contribution in [0.2, 0.25) is 0 Å². The van der Waals surface area contributed by atoms with E-state index in [1.54, 1.807) is 55.5 Å². The Bertz CT molecular complexity index is 1480. The number of esters is 1.